The number of nitrogens with zero attached hydrogens (tertiary/aromatic N) is 2. The lowest BCUT2D eigenvalue weighted by Crippen LogP contribution is -2.00. The Balaban J connectivity index is 0.000000561. The Kier molecular flexibility index (Phi) is 5.43. The molecule has 1 aromatic heterocycles. The first-order valence-corrected chi connectivity index (χ1v) is 4.81. The smallest absolute Gasteiger partial charge is 0.0596 e. The van der Waals surface area contributed by atoms with Gasteiger partial charge in [0.25, 0.3) is 0 Å². The van der Waals surface area contributed by atoms with Crippen molar-refractivity contribution in [1.82, 2.24) is 9.78 Å². The lowest BCUT2D eigenvalue weighted by Gasteiger charge is -1.98. The van der Waals surface area contributed by atoms with Crippen molar-refractivity contribution in [2.24, 2.45) is 0 Å². The molecule has 0 aliphatic carbocycles. The van der Waals surface area contributed by atoms with Gasteiger partial charge < -0.3 is 0 Å². The summed E-state index contributed by atoms with van der Waals surface area (Å²) in [5.74, 6) is 0. The highest BCUT2D eigenvalue weighted by Crippen LogP contribution is 2.03. The van der Waals surface area contributed by atoms with E-state index in [4.69, 9.17) is 0 Å². The molecule has 0 fully saturated rings. The molecule has 2 nitrogen and oxygen atoms in total. The van der Waals surface area contributed by atoms with Gasteiger partial charge in [0.15, 0.2) is 0 Å². The molecule has 0 saturated carbocycles. The van der Waals surface area contributed by atoms with Crippen molar-refractivity contribution in [2.75, 3.05) is 0 Å². The molecule has 0 spiro atoms. The third kappa shape index (κ3) is 2.68. The van der Waals surface area contributed by atoms with Crippen LogP contribution >= 0.6 is 0 Å². The second kappa shape index (κ2) is 5.81. The van der Waals surface area contributed by atoms with Gasteiger partial charge in [0.2, 0.25) is 0 Å². The zero-order valence-corrected chi connectivity index (χ0v) is 8.89. The average molecular weight is 168 g/mol. The van der Waals surface area contributed by atoms with Crippen molar-refractivity contribution >= 4 is 0 Å². The Hall–Kier alpha value is -0.790. The Morgan fingerprint density at radius 3 is 2.25 bits per heavy atom. The monoisotopic (exact) mass is 168 g/mol. The van der Waals surface area contributed by atoms with E-state index in [1.807, 2.05) is 20.8 Å². The van der Waals surface area contributed by atoms with Crippen molar-refractivity contribution in [3.8, 4) is 0 Å². The van der Waals surface area contributed by atoms with Gasteiger partial charge in [-0.05, 0) is 26.3 Å². The molecule has 12 heavy (non-hydrogen) atoms. The molecule has 0 unspecified atom stereocenters. The van der Waals surface area contributed by atoms with E-state index < -0.39 is 0 Å². The van der Waals surface area contributed by atoms with Crippen LogP contribution in [0.5, 0.6) is 0 Å². The van der Waals surface area contributed by atoms with E-state index in [-0.39, 0.29) is 0 Å². The van der Waals surface area contributed by atoms with E-state index in [1.165, 1.54) is 5.69 Å². The summed E-state index contributed by atoms with van der Waals surface area (Å²) in [7, 11) is 0. The Bertz CT molecular complexity index is 192. The van der Waals surface area contributed by atoms with E-state index in [0.717, 1.165) is 18.7 Å². The summed E-state index contributed by atoms with van der Waals surface area (Å²) in [6.07, 6.45) is 1.08. The number of rotatable bonds is 2. The molecule has 0 atom stereocenters. The standard InChI is InChI=1S/C8H14N2.C2H6/c1-4-8-6-7(3)9-10(8)5-2;1-2/h6H,4-5H2,1-3H3;1-2H3. The fraction of sp³-hybridized carbons (Fsp3) is 0.700. The highest BCUT2D eigenvalue weighted by molar-refractivity contribution is 5.08. The largest absolute Gasteiger partial charge is 0.270 e. The number of aromatic nitrogens is 2. The maximum absolute atomic E-state index is 4.32. The van der Waals surface area contributed by atoms with E-state index >= 15 is 0 Å². The molecule has 2 heteroatoms. The number of hydrogen-bond donors (Lipinski definition) is 0. The predicted molar refractivity (Wildman–Crippen MR) is 53.4 cm³/mol. The van der Waals surface area contributed by atoms with Gasteiger partial charge in [-0.25, -0.2) is 0 Å². The van der Waals surface area contributed by atoms with Crippen molar-refractivity contribution in [3.63, 3.8) is 0 Å². The SMILES string of the molecule is CC.CCc1cc(C)nn1CC. The van der Waals surface area contributed by atoms with Gasteiger partial charge in [0, 0.05) is 12.2 Å². The third-order valence-corrected chi connectivity index (χ3v) is 1.65. The Morgan fingerprint density at radius 1 is 1.33 bits per heavy atom. The summed E-state index contributed by atoms with van der Waals surface area (Å²) < 4.78 is 2.05. The van der Waals surface area contributed by atoms with Crippen molar-refractivity contribution < 1.29 is 0 Å². The van der Waals surface area contributed by atoms with Gasteiger partial charge >= 0.3 is 0 Å². The fourth-order valence-corrected chi connectivity index (χ4v) is 1.16. The summed E-state index contributed by atoms with van der Waals surface area (Å²) in [5.41, 5.74) is 2.46. The summed E-state index contributed by atoms with van der Waals surface area (Å²) in [5, 5.41) is 4.32. The molecule has 0 N–H and O–H groups in total. The van der Waals surface area contributed by atoms with Gasteiger partial charge in [-0.15, -0.1) is 0 Å². The van der Waals surface area contributed by atoms with Crippen molar-refractivity contribution in [3.05, 3.63) is 17.5 Å². The van der Waals surface area contributed by atoms with Gasteiger partial charge in [-0.3, -0.25) is 4.68 Å². The minimum atomic E-state index is 0.983. The second-order valence-electron chi connectivity index (χ2n) is 2.45. The first kappa shape index (κ1) is 11.2. The topological polar surface area (TPSA) is 17.8 Å². The zero-order chi connectivity index (χ0) is 9.56. The van der Waals surface area contributed by atoms with Gasteiger partial charge in [0.05, 0.1) is 5.69 Å². The first-order valence-electron chi connectivity index (χ1n) is 4.81. The summed E-state index contributed by atoms with van der Waals surface area (Å²) in [4.78, 5) is 0. The van der Waals surface area contributed by atoms with Crippen LogP contribution in [-0.2, 0) is 13.0 Å². The van der Waals surface area contributed by atoms with Crippen LogP contribution in [-0.4, -0.2) is 9.78 Å². The molecular weight excluding hydrogens is 148 g/mol. The highest BCUT2D eigenvalue weighted by Gasteiger charge is 1.99. The van der Waals surface area contributed by atoms with E-state index in [1.54, 1.807) is 0 Å². The van der Waals surface area contributed by atoms with Gasteiger partial charge in [0.1, 0.15) is 0 Å². The van der Waals surface area contributed by atoms with Crippen molar-refractivity contribution in [1.29, 1.82) is 0 Å². The molecule has 1 heterocycles. The summed E-state index contributed by atoms with van der Waals surface area (Å²) in [6.45, 7) is 11.3. The molecule has 0 aliphatic heterocycles. The Morgan fingerprint density at radius 2 is 1.92 bits per heavy atom. The van der Waals surface area contributed by atoms with Crippen LogP contribution in [0.4, 0.5) is 0 Å². The van der Waals surface area contributed by atoms with Crippen LogP contribution in [0.15, 0.2) is 6.07 Å². The minimum absolute atomic E-state index is 0.983. The van der Waals surface area contributed by atoms with Crippen LogP contribution in [0.1, 0.15) is 39.1 Å². The quantitative estimate of drug-likeness (QED) is 0.664. The molecule has 0 radical (unpaired) electrons. The van der Waals surface area contributed by atoms with Crippen molar-refractivity contribution in [2.45, 2.75) is 47.6 Å². The van der Waals surface area contributed by atoms with Gasteiger partial charge in [-0.2, -0.15) is 5.10 Å². The molecule has 1 aromatic rings. The predicted octanol–water partition coefficient (Wildman–Crippen LogP) is 2.80. The van der Waals surface area contributed by atoms with E-state index in [0.29, 0.717) is 0 Å². The lowest BCUT2D eigenvalue weighted by molar-refractivity contribution is 0.621. The summed E-state index contributed by atoms with van der Waals surface area (Å²) >= 11 is 0. The van der Waals surface area contributed by atoms with E-state index in [2.05, 4.69) is 29.7 Å². The molecule has 0 aliphatic rings. The molecule has 0 amide bonds. The zero-order valence-electron chi connectivity index (χ0n) is 8.89. The first-order chi connectivity index (χ1) is 5.77. The number of hydrogen-bond acceptors (Lipinski definition) is 1. The molecular formula is C10H20N2. The number of aryl methyl sites for hydroxylation is 3. The van der Waals surface area contributed by atoms with Crippen LogP contribution < -0.4 is 0 Å². The lowest BCUT2D eigenvalue weighted by atomic mass is 10.3. The Labute approximate surface area is 75.6 Å². The van der Waals surface area contributed by atoms with Crippen LogP contribution in [0, 0.1) is 6.92 Å². The van der Waals surface area contributed by atoms with Crippen LogP contribution in [0.2, 0.25) is 0 Å². The third-order valence-electron chi connectivity index (χ3n) is 1.65. The molecule has 0 saturated heterocycles. The maximum atomic E-state index is 4.32. The molecule has 70 valence electrons. The molecule has 0 bridgehead atoms. The second-order valence-corrected chi connectivity index (χ2v) is 2.45. The average Bonchev–Trinajstić information content (AvgIpc) is 2.49. The molecule has 0 aromatic carbocycles. The van der Waals surface area contributed by atoms with E-state index in [9.17, 15) is 0 Å². The van der Waals surface area contributed by atoms with Crippen LogP contribution in [0.25, 0.3) is 0 Å². The summed E-state index contributed by atoms with van der Waals surface area (Å²) in [6, 6.07) is 2.14. The maximum Gasteiger partial charge on any atom is 0.0596 e. The fourth-order valence-electron chi connectivity index (χ4n) is 1.16. The minimum Gasteiger partial charge on any atom is -0.270 e. The molecule has 1 rings (SSSR count). The van der Waals surface area contributed by atoms with Gasteiger partial charge in [-0.1, -0.05) is 20.8 Å². The highest BCUT2D eigenvalue weighted by atomic mass is 15.3. The van der Waals surface area contributed by atoms with Crippen LogP contribution in [0.3, 0.4) is 0 Å². The normalized spacial score (nSPS) is 9.08.